The van der Waals surface area contributed by atoms with E-state index in [-0.39, 0.29) is 5.91 Å². The van der Waals surface area contributed by atoms with Crippen LogP contribution in [0.3, 0.4) is 0 Å². The van der Waals surface area contributed by atoms with Crippen LogP contribution in [0.1, 0.15) is 37.1 Å². The molecule has 146 valence electrons. The van der Waals surface area contributed by atoms with Crippen molar-refractivity contribution < 1.29 is 13.9 Å². The van der Waals surface area contributed by atoms with E-state index in [0.717, 1.165) is 61.8 Å². The molecule has 0 spiro atoms. The number of nitrogens with one attached hydrogen (secondary N) is 1. The maximum absolute atomic E-state index is 12.0. The maximum Gasteiger partial charge on any atom is 0.226 e. The van der Waals surface area contributed by atoms with E-state index in [1.54, 1.807) is 7.11 Å². The van der Waals surface area contributed by atoms with Crippen LogP contribution >= 0.6 is 0 Å². The molecule has 2 aromatic rings. The second-order valence-electron chi connectivity index (χ2n) is 7.01. The number of likely N-dealkylation sites (tertiary alicyclic amines) is 1. The summed E-state index contributed by atoms with van der Waals surface area (Å²) in [5.41, 5.74) is 1.81. The van der Waals surface area contributed by atoms with Gasteiger partial charge in [0, 0.05) is 25.1 Å². The van der Waals surface area contributed by atoms with Gasteiger partial charge < -0.3 is 19.4 Å². The fraction of sp³-hybridized carbons (Fsp3) is 0.524. The zero-order valence-corrected chi connectivity index (χ0v) is 16.3. The van der Waals surface area contributed by atoms with Gasteiger partial charge in [0.2, 0.25) is 11.8 Å². The smallest absolute Gasteiger partial charge is 0.226 e. The Hall–Kier alpha value is -2.34. The first kappa shape index (κ1) is 19.4. The molecule has 1 fully saturated rings. The molecule has 27 heavy (non-hydrogen) atoms. The Labute approximate surface area is 160 Å². The number of aryl methyl sites for hydroxylation is 2. The Morgan fingerprint density at radius 3 is 2.93 bits per heavy atom. The number of carbonyl (C=O) groups excluding carboxylic acids is 1. The molecule has 1 aliphatic heterocycles. The molecule has 0 atom stereocenters. The fourth-order valence-electron chi connectivity index (χ4n) is 3.40. The third-order valence-electron chi connectivity index (χ3n) is 4.98. The molecule has 1 N–H and O–H groups in total. The van der Waals surface area contributed by atoms with E-state index in [1.807, 2.05) is 31.2 Å². The van der Waals surface area contributed by atoms with Crippen molar-refractivity contribution in [1.29, 1.82) is 0 Å². The van der Waals surface area contributed by atoms with Gasteiger partial charge in [-0.2, -0.15) is 0 Å². The van der Waals surface area contributed by atoms with Crippen molar-refractivity contribution in [3.8, 4) is 17.2 Å². The maximum atomic E-state index is 12.0. The molecule has 0 saturated carbocycles. The first-order chi connectivity index (χ1) is 13.2. The van der Waals surface area contributed by atoms with Crippen molar-refractivity contribution in [3.63, 3.8) is 0 Å². The molecule has 0 bridgehead atoms. The average Bonchev–Trinajstić information content (AvgIpc) is 3.32. The van der Waals surface area contributed by atoms with Crippen LogP contribution in [0.5, 0.6) is 5.75 Å². The zero-order chi connectivity index (χ0) is 19.1. The largest absolute Gasteiger partial charge is 0.497 e. The van der Waals surface area contributed by atoms with E-state index in [1.165, 1.54) is 12.8 Å². The molecule has 1 amide bonds. The number of carbonyl (C=O) groups is 1. The lowest BCUT2D eigenvalue weighted by atomic mass is 10.1. The molecule has 0 unspecified atom stereocenters. The van der Waals surface area contributed by atoms with Gasteiger partial charge in [0.05, 0.1) is 12.8 Å². The number of oxazole rings is 1. The summed E-state index contributed by atoms with van der Waals surface area (Å²) in [7, 11) is 1.64. The summed E-state index contributed by atoms with van der Waals surface area (Å²) in [5, 5.41) is 3.02. The number of aromatic nitrogens is 1. The number of benzene rings is 1. The van der Waals surface area contributed by atoms with Crippen LogP contribution < -0.4 is 10.1 Å². The van der Waals surface area contributed by atoms with Crippen LogP contribution in [0.25, 0.3) is 11.5 Å². The lowest BCUT2D eigenvalue weighted by Gasteiger charge is -2.14. The third-order valence-corrected chi connectivity index (χ3v) is 4.98. The van der Waals surface area contributed by atoms with E-state index < -0.39 is 0 Å². The van der Waals surface area contributed by atoms with Gasteiger partial charge in [-0.25, -0.2) is 4.98 Å². The van der Waals surface area contributed by atoms with Gasteiger partial charge in [0.15, 0.2) is 0 Å². The van der Waals surface area contributed by atoms with Crippen LogP contribution in [-0.2, 0) is 11.2 Å². The number of ether oxygens (including phenoxy) is 1. The van der Waals surface area contributed by atoms with E-state index in [2.05, 4.69) is 15.2 Å². The molecule has 1 saturated heterocycles. The SMILES string of the molecule is COc1cccc(-c2nc(CCCC(=O)NCCN3CCCC3)c(C)o2)c1. The van der Waals surface area contributed by atoms with E-state index in [9.17, 15) is 4.79 Å². The molecule has 1 aliphatic rings. The van der Waals surface area contributed by atoms with Crippen LogP contribution in [-0.4, -0.2) is 49.1 Å². The van der Waals surface area contributed by atoms with Gasteiger partial charge in [-0.1, -0.05) is 6.07 Å². The topological polar surface area (TPSA) is 67.6 Å². The lowest BCUT2D eigenvalue weighted by molar-refractivity contribution is -0.121. The highest BCUT2D eigenvalue weighted by Crippen LogP contribution is 2.25. The molecule has 2 heterocycles. The summed E-state index contributed by atoms with van der Waals surface area (Å²) >= 11 is 0. The Morgan fingerprint density at radius 1 is 1.33 bits per heavy atom. The van der Waals surface area contributed by atoms with Crippen LogP contribution in [0.4, 0.5) is 0 Å². The third kappa shape index (κ3) is 5.57. The van der Waals surface area contributed by atoms with Crippen molar-refractivity contribution >= 4 is 5.91 Å². The van der Waals surface area contributed by atoms with Crippen LogP contribution in [0, 0.1) is 6.92 Å². The number of rotatable bonds is 9. The van der Waals surface area contributed by atoms with Gasteiger partial charge >= 0.3 is 0 Å². The molecule has 1 aromatic heterocycles. The lowest BCUT2D eigenvalue weighted by Crippen LogP contribution is -2.33. The van der Waals surface area contributed by atoms with Crippen molar-refractivity contribution in [2.45, 2.75) is 39.0 Å². The summed E-state index contributed by atoms with van der Waals surface area (Å²) in [6.07, 6.45) is 4.58. The second kappa shape index (κ2) is 9.55. The normalized spacial score (nSPS) is 14.4. The molecular formula is C21H29N3O3. The second-order valence-corrected chi connectivity index (χ2v) is 7.01. The summed E-state index contributed by atoms with van der Waals surface area (Å²) in [6.45, 7) is 5.94. The minimum atomic E-state index is 0.114. The quantitative estimate of drug-likeness (QED) is 0.733. The van der Waals surface area contributed by atoms with Crippen molar-refractivity contribution in [2.24, 2.45) is 0 Å². The summed E-state index contributed by atoms with van der Waals surface area (Å²) in [6, 6.07) is 7.66. The summed E-state index contributed by atoms with van der Waals surface area (Å²) in [5.74, 6) is 2.29. The zero-order valence-electron chi connectivity index (χ0n) is 16.3. The first-order valence-corrected chi connectivity index (χ1v) is 9.75. The van der Waals surface area contributed by atoms with Gasteiger partial charge in [0.1, 0.15) is 11.5 Å². The molecule has 0 aliphatic carbocycles. The van der Waals surface area contributed by atoms with E-state index in [4.69, 9.17) is 9.15 Å². The summed E-state index contributed by atoms with van der Waals surface area (Å²) in [4.78, 5) is 19.0. The van der Waals surface area contributed by atoms with Crippen molar-refractivity contribution in [2.75, 3.05) is 33.3 Å². The summed E-state index contributed by atoms with van der Waals surface area (Å²) < 4.78 is 11.1. The van der Waals surface area contributed by atoms with E-state index >= 15 is 0 Å². The van der Waals surface area contributed by atoms with Crippen LogP contribution in [0.2, 0.25) is 0 Å². The van der Waals surface area contributed by atoms with Gasteiger partial charge in [0.25, 0.3) is 0 Å². The predicted molar refractivity (Wildman–Crippen MR) is 105 cm³/mol. The Kier molecular flexibility index (Phi) is 6.87. The average molecular weight is 371 g/mol. The Bertz CT molecular complexity index is 751. The van der Waals surface area contributed by atoms with Gasteiger partial charge in [-0.15, -0.1) is 0 Å². The molecule has 1 aromatic carbocycles. The molecule has 6 heteroatoms. The highest BCUT2D eigenvalue weighted by Gasteiger charge is 2.13. The Balaban J connectivity index is 1.44. The fourth-order valence-corrected chi connectivity index (χ4v) is 3.40. The van der Waals surface area contributed by atoms with Gasteiger partial charge in [-0.3, -0.25) is 4.79 Å². The van der Waals surface area contributed by atoms with Gasteiger partial charge in [-0.05, 0) is 63.9 Å². The highest BCUT2D eigenvalue weighted by molar-refractivity contribution is 5.75. The predicted octanol–water partition coefficient (Wildman–Crippen LogP) is 3.19. The number of methoxy groups -OCH3 is 1. The molecular weight excluding hydrogens is 342 g/mol. The van der Waals surface area contributed by atoms with Crippen LogP contribution in [0.15, 0.2) is 28.7 Å². The highest BCUT2D eigenvalue weighted by atomic mass is 16.5. The van der Waals surface area contributed by atoms with Crippen molar-refractivity contribution in [3.05, 3.63) is 35.7 Å². The number of hydrogen-bond donors (Lipinski definition) is 1. The van der Waals surface area contributed by atoms with Crippen molar-refractivity contribution in [1.82, 2.24) is 15.2 Å². The monoisotopic (exact) mass is 371 g/mol. The molecule has 3 rings (SSSR count). The molecule has 0 radical (unpaired) electrons. The first-order valence-electron chi connectivity index (χ1n) is 9.75. The van der Waals surface area contributed by atoms with E-state index in [0.29, 0.717) is 12.3 Å². The molecule has 6 nitrogen and oxygen atoms in total. The standard InChI is InChI=1S/C21H29N3O3/c1-16-19(23-21(27-16)17-7-5-8-18(15-17)26-2)9-6-10-20(25)22-11-14-24-12-3-4-13-24/h5,7-8,15H,3-4,6,9-14H2,1-2H3,(H,22,25). The minimum Gasteiger partial charge on any atom is -0.497 e. The number of nitrogens with zero attached hydrogens (tertiary/aromatic N) is 2. The number of hydrogen-bond acceptors (Lipinski definition) is 5. The minimum absolute atomic E-state index is 0.114. The number of amides is 1. The Morgan fingerprint density at radius 2 is 2.15 bits per heavy atom.